The minimum Gasteiger partial charge on any atom is -0.479 e. The molecule has 3 rings (SSSR count). The second kappa shape index (κ2) is 28.2. The Bertz CT molecular complexity index is 1440. The second-order valence-corrected chi connectivity index (χ2v) is 18.6. The summed E-state index contributed by atoms with van der Waals surface area (Å²) in [4.78, 5) is 63.8. The summed E-state index contributed by atoms with van der Waals surface area (Å²) >= 11 is 0. The number of rotatable bonds is 27. The largest absolute Gasteiger partial charge is 0.479 e. The number of aliphatic hydroxyl groups is 5. The molecule has 10 N–H and O–H groups in total. The zero-order valence-corrected chi connectivity index (χ0v) is 38.8. The number of carbonyl (C=O) groups is 5. The van der Waals surface area contributed by atoms with E-state index in [0.717, 1.165) is 38.5 Å². The third-order valence-electron chi connectivity index (χ3n) is 13.0. The smallest absolute Gasteiger partial charge is 0.332 e. The third-order valence-corrected chi connectivity index (χ3v) is 13.0. The van der Waals surface area contributed by atoms with Crippen molar-refractivity contribution in [3.05, 3.63) is 0 Å². The first-order chi connectivity index (χ1) is 30.4. The molecule has 0 bridgehead atoms. The van der Waals surface area contributed by atoms with Crippen LogP contribution in [0.15, 0.2) is 0 Å². The number of hydrogen-bond acceptors (Lipinski definition) is 14. The third kappa shape index (κ3) is 18.0. The van der Waals surface area contributed by atoms with Crippen molar-refractivity contribution in [3.63, 3.8) is 0 Å². The van der Waals surface area contributed by atoms with Crippen LogP contribution in [0.1, 0.15) is 125 Å². The molecule has 2 aliphatic carbocycles. The number of hydrogen-bond donors (Lipinski definition) is 10. The molecule has 3 aliphatic rings. The van der Waals surface area contributed by atoms with Gasteiger partial charge in [0.2, 0.25) is 23.6 Å². The maximum atomic E-state index is 13.8. The number of carbonyl (C=O) groups excluding carboxylic acids is 4. The van der Waals surface area contributed by atoms with Gasteiger partial charge in [-0.05, 0) is 69.6 Å². The van der Waals surface area contributed by atoms with Crippen molar-refractivity contribution in [3.8, 4) is 0 Å². The summed E-state index contributed by atoms with van der Waals surface area (Å²) in [5.41, 5.74) is 0. The van der Waals surface area contributed by atoms with E-state index in [1.807, 2.05) is 6.92 Å². The van der Waals surface area contributed by atoms with Crippen molar-refractivity contribution in [1.29, 1.82) is 0 Å². The molecule has 19 heteroatoms. The highest BCUT2D eigenvalue weighted by atomic mass is 16.7. The topological polar surface area (TPSA) is 292 Å². The van der Waals surface area contributed by atoms with Gasteiger partial charge in [-0.3, -0.25) is 19.2 Å². The zero-order chi connectivity index (χ0) is 47.5. The van der Waals surface area contributed by atoms with E-state index in [9.17, 15) is 54.6 Å². The Morgan fingerprint density at radius 1 is 0.859 bits per heavy atom. The maximum Gasteiger partial charge on any atom is 0.332 e. The van der Waals surface area contributed by atoms with Crippen molar-refractivity contribution in [2.24, 2.45) is 29.6 Å². The van der Waals surface area contributed by atoms with Crippen LogP contribution in [0.3, 0.4) is 0 Å². The van der Waals surface area contributed by atoms with Crippen LogP contribution < -0.4 is 21.3 Å². The van der Waals surface area contributed by atoms with E-state index in [1.165, 1.54) is 6.92 Å². The Morgan fingerprint density at radius 2 is 1.50 bits per heavy atom. The minimum atomic E-state index is -1.55. The molecule has 0 aromatic rings. The summed E-state index contributed by atoms with van der Waals surface area (Å²) in [6.07, 6.45) is -4.54. The Morgan fingerprint density at radius 3 is 2.08 bits per heavy atom. The molecule has 64 heavy (non-hydrogen) atoms. The number of aliphatic hydroxyl groups excluding tert-OH is 5. The van der Waals surface area contributed by atoms with Gasteiger partial charge in [0.15, 0.2) is 12.4 Å². The van der Waals surface area contributed by atoms with E-state index in [2.05, 4.69) is 35.1 Å². The van der Waals surface area contributed by atoms with Crippen LogP contribution in [-0.2, 0) is 42.9 Å². The van der Waals surface area contributed by atoms with Gasteiger partial charge in [-0.25, -0.2) is 4.79 Å². The molecule has 3 fully saturated rings. The first-order valence-electron chi connectivity index (χ1n) is 23.6. The second-order valence-electron chi connectivity index (χ2n) is 18.6. The first-order valence-corrected chi connectivity index (χ1v) is 23.6. The molecule has 0 spiro atoms. The van der Waals surface area contributed by atoms with Crippen LogP contribution in [-0.4, -0.2) is 160 Å². The van der Waals surface area contributed by atoms with Gasteiger partial charge in [0.25, 0.3) is 0 Å². The number of carboxylic acids is 1. The van der Waals surface area contributed by atoms with Gasteiger partial charge in [0.1, 0.15) is 36.6 Å². The molecule has 19 nitrogen and oxygen atoms in total. The van der Waals surface area contributed by atoms with E-state index >= 15 is 0 Å². The fourth-order valence-electron chi connectivity index (χ4n) is 9.36. The van der Waals surface area contributed by atoms with Crippen LogP contribution in [0.5, 0.6) is 0 Å². The average Bonchev–Trinajstić information content (AvgIpc) is 3.25. The summed E-state index contributed by atoms with van der Waals surface area (Å²) in [6.45, 7) is 10.2. The number of amides is 4. The lowest BCUT2D eigenvalue weighted by Gasteiger charge is -2.48. The summed E-state index contributed by atoms with van der Waals surface area (Å²) < 4.78 is 25.3. The molecule has 0 radical (unpaired) electrons. The number of ether oxygens (including phenoxy) is 4. The molecule has 2 saturated carbocycles. The lowest BCUT2D eigenvalue weighted by atomic mass is 9.69. The molecular weight excluding hydrogens is 837 g/mol. The normalized spacial score (nSPS) is 28.9. The van der Waals surface area contributed by atoms with Crippen molar-refractivity contribution < 1.29 is 73.6 Å². The summed E-state index contributed by atoms with van der Waals surface area (Å²) in [7, 11) is 0. The van der Waals surface area contributed by atoms with E-state index in [4.69, 9.17) is 18.9 Å². The van der Waals surface area contributed by atoms with Gasteiger partial charge in [0.05, 0.1) is 31.5 Å². The van der Waals surface area contributed by atoms with E-state index in [-0.39, 0.29) is 74.2 Å². The van der Waals surface area contributed by atoms with Crippen LogP contribution in [0, 0.1) is 29.6 Å². The van der Waals surface area contributed by atoms with Crippen LogP contribution in [0.2, 0.25) is 0 Å². The summed E-state index contributed by atoms with van der Waals surface area (Å²) in [6, 6.07) is -1.24. The van der Waals surface area contributed by atoms with E-state index in [0.29, 0.717) is 31.7 Å². The lowest BCUT2D eigenvalue weighted by Crippen LogP contribution is -2.67. The Balaban J connectivity index is 1.84. The fourth-order valence-corrected chi connectivity index (χ4v) is 9.36. The minimum absolute atomic E-state index is 0.00479. The van der Waals surface area contributed by atoms with Crippen molar-refractivity contribution >= 4 is 29.6 Å². The van der Waals surface area contributed by atoms with Crippen LogP contribution >= 0.6 is 0 Å². The number of carboxylic acid groups (broad SMARTS) is 1. The fraction of sp³-hybridized carbons (Fsp3) is 0.889. The molecule has 0 aromatic heterocycles. The Labute approximate surface area is 378 Å². The molecule has 370 valence electrons. The number of aliphatic carboxylic acids is 1. The predicted octanol–water partition coefficient (Wildman–Crippen LogP) is 0.888. The van der Waals surface area contributed by atoms with Gasteiger partial charge in [-0.15, -0.1) is 0 Å². The van der Waals surface area contributed by atoms with E-state index in [1.54, 1.807) is 13.8 Å². The molecule has 1 saturated heterocycles. The SMILES string of the molecule is CC[C@@H]1CC(C(=O)NCCNC(=O)CCC(=O)NCCC(C)C)CC(O[C@@H]2O[C@@H](CO)C(O)C(O[C@@H](CC3CCCCC3)C(=O)O)C2NC(C)=O)C1C[C@@H](C)OC(C)C(O)[C@H](O)CO. The summed E-state index contributed by atoms with van der Waals surface area (Å²) in [5, 5.41) is 73.3. The maximum absolute atomic E-state index is 13.8. The average molecular weight is 917 g/mol. The molecule has 4 amide bonds. The highest BCUT2D eigenvalue weighted by Crippen LogP contribution is 2.42. The van der Waals surface area contributed by atoms with Crippen molar-refractivity contribution in [1.82, 2.24) is 21.3 Å². The molecule has 0 aromatic carbocycles. The Hall–Kier alpha value is -3.01. The molecule has 1 aliphatic heterocycles. The van der Waals surface area contributed by atoms with Crippen LogP contribution in [0.25, 0.3) is 0 Å². The lowest BCUT2D eigenvalue weighted by molar-refractivity contribution is -0.301. The molecular formula is C45H80N4O15. The molecule has 1 heterocycles. The zero-order valence-electron chi connectivity index (χ0n) is 38.8. The van der Waals surface area contributed by atoms with Gasteiger partial charge in [0, 0.05) is 45.3 Å². The monoisotopic (exact) mass is 917 g/mol. The molecule has 14 atom stereocenters. The van der Waals surface area contributed by atoms with Gasteiger partial charge in [-0.1, -0.05) is 59.3 Å². The highest BCUT2D eigenvalue weighted by molar-refractivity contribution is 5.83. The summed E-state index contributed by atoms with van der Waals surface area (Å²) in [5.74, 6) is -3.10. The first kappa shape index (κ1) is 55.3. The predicted molar refractivity (Wildman–Crippen MR) is 233 cm³/mol. The quantitative estimate of drug-likeness (QED) is 0.0512. The van der Waals surface area contributed by atoms with Crippen molar-refractivity contribution in [2.75, 3.05) is 32.8 Å². The standard InChI is InChI=1S/C45H80N4O15/c1-7-30-21-31(43(58)48-18-17-47-38(55)14-13-37(54)46-16-15-25(2)3)22-34(32(30)19-26(4)61-27(5)40(56)33(53)23-50)63-45-39(49-28(6)52)42(41(57)36(24-51)64-45)62-35(44(59)60)20-29-11-9-8-10-12-29/h25-27,29-36,39-42,45,50-51,53,56-57H,7-24H2,1-6H3,(H,46,54)(H,47,55)(H,48,58)(H,49,52)(H,59,60)/t26-,27?,30-,31?,32?,33-,34?,35+,36+,39?,40?,41?,42?,45-/m1/s1. The van der Waals surface area contributed by atoms with Gasteiger partial charge < -0.3 is 70.9 Å². The molecule has 8 unspecified atom stereocenters. The van der Waals surface area contributed by atoms with Gasteiger partial charge >= 0.3 is 5.97 Å². The van der Waals surface area contributed by atoms with Crippen LogP contribution in [0.4, 0.5) is 0 Å². The van der Waals surface area contributed by atoms with Crippen molar-refractivity contribution in [2.45, 2.75) is 192 Å². The number of nitrogens with one attached hydrogen (secondary N) is 4. The Kier molecular flexibility index (Phi) is 24.4. The highest BCUT2D eigenvalue weighted by Gasteiger charge is 2.51. The van der Waals surface area contributed by atoms with Gasteiger partial charge in [-0.2, -0.15) is 0 Å². The van der Waals surface area contributed by atoms with E-state index < -0.39 is 98.3 Å².